The molecular formula is C11H18N4OS2. The summed E-state index contributed by atoms with van der Waals surface area (Å²) in [5, 5.41) is 12.7. The van der Waals surface area contributed by atoms with E-state index in [1.54, 1.807) is 0 Å². The van der Waals surface area contributed by atoms with Gasteiger partial charge in [-0.2, -0.15) is 11.8 Å². The Morgan fingerprint density at radius 2 is 2.28 bits per heavy atom. The molecule has 2 atom stereocenters. The topological polar surface area (TPSA) is 58.1 Å². The van der Waals surface area contributed by atoms with Crippen molar-refractivity contribution >= 4 is 34.1 Å². The summed E-state index contributed by atoms with van der Waals surface area (Å²) < 4.78 is 0. The van der Waals surface area contributed by atoms with Crippen molar-refractivity contribution in [2.24, 2.45) is 0 Å². The Hall–Kier alpha value is -0.820. The van der Waals surface area contributed by atoms with Crippen LogP contribution in [0, 0.1) is 0 Å². The Morgan fingerprint density at radius 1 is 1.50 bits per heavy atom. The minimum absolute atomic E-state index is 0.0105. The maximum atomic E-state index is 12.4. The Kier molecular flexibility index (Phi) is 4.45. The van der Waals surface area contributed by atoms with Crippen LogP contribution in [0.1, 0.15) is 30.6 Å². The van der Waals surface area contributed by atoms with Crippen LogP contribution in [0.15, 0.2) is 0 Å². The second-order valence-electron chi connectivity index (χ2n) is 4.26. The molecule has 0 saturated carbocycles. The van der Waals surface area contributed by atoms with Gasteiger partial charge >= 0.3 is 0 Å². The Morgan fingerprint density at radius 3 is 3.00 bits per heavy atom. The summed E-state index contributed by atoms with van der Waals surface area (Å²) in [6.07, 6.45) is 0. The average Bonchev–Trinajstić information content (AvgIpc) is 2.81. The largest absolute Gasteiger partial charge is 0.360 e. The summed E-state index contributed by atoms with van der Waals surface area (Å²) in [6, 6.07) is 0.253. The highest BCUT2D eigenvalue weighted by molar-refractivity contribution is 8.00. The van der Waals surface area contributed by atoms with Crippen LogP contribution in [0.25, 0.3) is 0 Å². The van der Waals surface area contributed by atoms with Crippen LogP contribution < -0.4 is 5.32 Å². The summed E-state index contributed by atoms with van der Waals surface area (Å²) in [6.45, 7) is 7.84. The van der Waals surface area contributed by atoms with Gasteiger partial charge in [0, 0.05) is 30.1 Å². The number of carbonyl (C=O) groups is 1. The van der Waals surface area contributed by atoms with Crippen molar-refractivity contribution in [3.63, 3.8) is 0 Å². The molecular weight excluding hydrogens is 268 g/mol. The number of nitrogens with one attached hydrogen (secondary N) is 1. The molecule has 2 unspecified atom stereocenters. The highest BCUT2D eigenvalue weighted by Gasteiger charge is 2.31. The van der Waals surface area contributed by atoms with Crippen molar-refractivity contribution in [2.45, 2.75) is 32.1 Å². The molecule has 1 aromatic heterocycles. The molecule has 5 nitrogen and oxygen atoms in total. The van der Waals surface area contributed by atoms with Crippen LogP contribution >= 0.6 is 23.1 Å². The number of carbonyl (C=O) groups excluding carboxylic acids is 1. The normalized spacial score (nSPS) is 24.1. The van der Waals surface area contributed by atoms with Gasteiger partial charge in [-0.15, -0.1) is 10.2 Å². The number of amides is 1. The summed E-state index contributed by atoms with van der Waals surface area (Å²) in [5.74, 6) is 1.01. The van der Waals surface area contributed by atoms with E-state index >= 15 is 0 Å². The predicted octanol–water partition coefficient (Wildman–Crippen LogP) is 1.94. The third-order valence-electron chi connectivity index (χ3n) is 3.08. The molecule has 1 fully saturated rings. The molecule has 1 aromatic rings. The minimum atomic E-state index is 0.0105. The molecule has 7 heteroatoms. The van der Waals surface area contributed by atoms with Crippen LogP contribution in [-0.2, 0) is 0 Å². The average molecular weight is 286 g/mol. The number of hydrogen-bond acceptors (Lipinski definition) is 6. The third-order valence-corrected chi connectivity index (χ3v) is 5.29. The van der Waals surface area contributed by atoms with Gasteiger partial charge in [0.05, 0.1) is 0 Å². The van der Waals surface area contributed by atoms with Gasteiger partial charge in [0.2, 0.25) is 10.1 Å². The first-order valence-corrected chi connectivity index (χ1v) is 8.00. The van der Waals surface area contributed by atoms with Crippen LogP contribution in [0.3, 0.4) is 0 Å². The smallest absolute Gasteiger partial charge is 0.285 e. The molecule has 1 aliphatic heterocycles. The fraction of sp³-hybridized carbons (Fsp3) is 0.727. The summed E-state index contributed by atoms with van der Waals surface area (Å²) in [4.78, 5) is 14.3. The molecule has 18 heavy (non-hydrogen) atoms. The monoisotopic (exact) mass is 286 g/mol. The van der Waals surface area contributed by atoms with Gasteiger partial charge in [0.15, 0.2) is 0 Å². The highest BCUT2D eigenvalue weighted by Crippen LogP contribution is 2.26. The van der Waals surface area contributed by atoms with E-state index in [4.69, 9.17) is 0 Å². The molecule has 1 amide bonds. The van der Waals surface area contributed by atoms with E-state index in [9.17, 15) is 4.79 Å². The first kappa shape index (κ1) is 13.6. The number of rotatable bonds is 3. The fourth-order valence-corrected chi connectivity index (χ4v) is 3.74. The van der Waals surface area contributed by atoms with E-state index in [1.807, 2.05) is 23.6 Å². The number of anilines is 1. The molecule has 1 saturated heterocycles. The van der Waals surface area contributed by atoms with Crippen molar-refractivity contribution < 1.29 is 4.79 Å². The highest BCUT2D eigenvalue weighted by atomic mass is 32.2. The van der Waals surface area contributed by atoms with Gasteiger partial charge in [0.25, 0.3) is 5.91 Å². The lowest BCUT2D eigenvalue weighted by molar-refractivity contribution is 0.0697. The van der Waals surface area contributed by atoms with Crippen LogP contribution in [-0.4, -0.2) is 51.1 Å². The van der Waals surface area contributed by atoms with Crippen molar-refractivity contribution in [1.82, 2.24) is 15.1 Å². The molecule has 100 valence electrons. The maximum absolute atomic E-state index is 12.4. The number of hydrogen-bond donors (Lipinski definition) is 1. The molecule has 0 radical (unpaired) electrons. The van der Waals surface area contributed by atoms with Gasteiger partial charge < -0.3 is 10.2 Å². The lowest BCUT2D eigenvalue weighted by Gasteiger charge is -2.36. The quantitative estimate of drug-likeness (QED) is 0.920. The second-order valence-corrected chi connectivity index (χ2v) is 6.72. The molecule has 0 aliphatic carbocycles. The standard InChI is InChI=1S/C11H18N4OS2/c1-4-12-11-14-13-9(18-11)10(16)15-5-6-17-8(3)7(15)2/h7-8H,4-6H2,1-3H3,(H,12,14). The summed E-state index contributed by atoms with van der Waals surface area (Å²) in [7, 11) is 0. The third kappa shape index (κ3) is 2.77. The van der Waals surface area contributed by atoms with Crippen LogP contribution in [0.4, 0.5) is 5.13 Å². The lowest BCUT2D eigenvalue weighted by Crippen LogP contribution is -2.47. The number of nitrogens with zero attached hydrogens (tertiary/aromatic N) is 3. The van der Waals surface area contributed by atoms with Crippen LogP contribution in [0.2, 0.25) is 0 Å². The van der Waals surface area contributed by atoms with E-state index in [1.165, 1.54) is 11.3 Å². The Balaban J connectivity index is 2.09. The Bertz CT molecular complexity index is 423. The molecule has 2 rings (SSSR count). The van der Waals surface area contributed by atoms with Gasteiger partial charge in [0.1, 0.15) is 0 Å². The van der Waals surface area contributed by atoms with E-state index in [0.29, 0.717) is 15.4 Å². The second kappa shape index (κ2) is 5.88. The maximum Gasteiger partial charge on any atom is 0.285 e. The van der Waals surface area contributed by atoms with E-state index in [0.717, 1.165) is 18.8 Å². The van der Waals surface area contributed by atoms with Crippen molar-refractivity contribution in [3.05, 3.63) is 5.01 Å². The minimum Gasteiger partial charge on any atom is -0.360 e. The number of aromatic nitrogens is 2. The Labute approximate surface area is 115 Å². The van der Waals surface area contributed by atoms with Crippen molar-refractivity contribution in [1.29, 1.82) is 0 Å². The first-order chi connectivity index (χ1) is 8.63. The first-order valence-electron chi connectivity index (χ1n) is 6.13. The van der Waals surface area contributed by atoms with Crippen molar-refractivity contribution in [3.8, 4) is 0 Å². The van der Waals surface area contributed by atoms with Gasteiger partial charge in [-0.25, -0.2) is 0 Å². The lowest BCUT2D eigenvalue weighted by atomic mass is 10.2. The van der Waals surface area contributed by atoms with Gasteiger partial charge in [-0.05, 0) is 13.8 Å². The zero-order chi connectivity index (χ0) is 13.1. The fourth-order valence-electron chi connectivity index (χ4n) is 1.87. The molecule has 0 bridgehead atoms. The predicted molar refractivity (Wildman–Crippen MR) is 76.5 cm³/mol. The summed E-state index contributed by atoms with van der Waals surface area (Å²) in [5.41, 5.74) is 0. The molecule has 0 spiro atoms. The van der Waals surface area contributed by atoms with Gasteiger partial charge in [-0.3, -0.25) is 4.79 Å². The zero-order valence-electron chi connectivity index (χ0n) is 10.8. The van der Waals surface area contributed by atoms with E-state index in [2.05, 4.69) is 29.4 Å². The SMILES string of the molecule is CCNc1nnc(C(=O)N2CCSC(C)C2C)s1. The van der Waals surface area contributed by atoms with Crippen molar-refractivity contribution in [2.75, 3.05) is 24.2 Å². The summed E-state index contributed by atoms with van der Waals surface area (Å²) >= 11 is 3.25. The number of thioether (sulfide) groups is 1. The van der Waals surface area contributed by atoms with E-state index in [-0.39, 0.29) is 11.9 Å². The van der Waals surface area contributed by atoms with E-state index < -0.39 is 0 Å². The van der Waals surface area contributed by atoms with Crippen LogP contribution in [0.5, 0.6) is 0 Å². The zero-order valence-corrected chi connectivity index (χ0v) is 12.5. The molecule has 1 aliphatic rings. The molecule has 0 aromatic carbocycles. The van der Waals surface area contributed by atoms with Gasteiger partial charge in [-0.1, -0.05) is 18.3 Å². The molecule has 1 N–H and O–H groups in total. The molecule has 2 heterocycles.